The molecular weight excluding hydrogens is 210 g/mol. The van der Waals surface area contributed by atoms with Crippen molar-refractivity contribution in [3.8, 4) is 5.75 Å². The zero-order valence-corrected chi connectivity index (χ0v) is 11.3. The molecule has 94 valence electrons. The van der Waals surface area contributed by atoms with E-state index in [0.717, 1.165) is 17.9 Å². The van der Waals surface area contributed by atoms with Gasteiger partial charge >= 0.3 is 0 Å². The highest BCUT2D eigenvalue weighted by Gasteiger charge is 2.12. The minimum Gasteiger partial charge on any atom is -0.489 e. The Hall–Kier alpha value is -1.28. The molecule has 0 atom stereocenters. The summed E-state index contributed by atoms with van der Waals surface area (Å²) in [6.07, 6.45) is 0. The second-order valence-electron chi connectivity index (χ2n) is 5.34. The summed E-state index contributed by atoms with van der Waals surface area (Å²) in [6, 6.07) is 8.28. The van der Waals surface area contributed by atoms with Crippen LogP contribution in [0.3, 0.4) is 0 Å². The van der Waals surface area contributed by atoms with E-state index in [9.17, 15) is 0 Å². The van der Waals surface area contributed by atoms with Gasteiger partial charge in [-0.15, -0.1) is 0 Å². The molecule has 0 spiro atoms. The average molecular weight is 233 g/mol. The Morgan fingerprint density at radius 3 is 2.29 bits per heavy atom. The predicted octanol–water partition coefficient (Wildman–Crippen LogP) is 3.14. The molecular formula is C15H23NO. The molecule has 0 heterocycles. The van der Waals surface area contributed by atoms with Crippen LogP contribution in [0.1, 0.15) is 26.3 Å². The lowest BCUT2D eigenvalue weighted by Crippen LogP contribution is -2.14. The summed E-state index contributed by atoms with van der Waals surface area (Å²) < 4.78 is 5.65. The molecule has 1 aromatic carbocycles. The van der Waals surface area contributed by atoms with Gasteiger partial charge in [0.2, 0.25) is 0 Å². The quantitative estimate of drug-likeness (QED) is 0.789. The third-order valence-corrected chi connectivity index (χ3v) is 2.59. The fourth-order valence-electron chi connectivity index (χ4n) is 1.54. The lowest BCUT2D eigenvalue weighted by Gasteiger charge is -2.19. The first kappa shape index (κ1) is 13.8. The van der Waals surface area contributed by atoms with Gasteiger partial charge in [0.15, 0.2) is 0 Å². The van der Waals surface area contributed by atoms with Crippen molar-refractivity contribution in [3.63, 3.8) is 0 Å². The molecule has 17 heavy (non-hydrogen) atoms. The largest absolute Gasteiger partial charge is 0.489 e. The third kappa shape index (κ3) is 4.61. The van der Waals surface area contributed by atoms with Gasteiger partial charge in [0, 0.05) is 6.54 Å². The van der Waals surface area contributed by atoms with E-state index in [1.807, 2.05) is 19.2 Å². The molecule has 0 fully saturated rings. The second-order valence-corrected chi connectivity index (χ2v) is 5.34. The minimum absolute atomic E-state index is 0.189. The van der Waals surface area contributed by atoms with E-state index in [2.05, 4.69) is 44.8 Å². The summed E-state index contributed by atoms with van der Waals surface area (Å²) in [5.41, 5.74) is 2.56. The number of likely N-dealkylation sites (N-methyl/N-ethyl adjacent to an activating group) is 1. The van der Waals surface area contributed by atoms with Gasteiger partial charge in [-0.3, -0.25) is 0 Å². The highest BCUT2D eigenvalue weighted by molar-refractivity contribution is 5.31. The van der Waals surface area contributed by atoms with E-state index in [1.54, 1.807) is 0 Å². The van der Waals surface area contributed by atoms with Gasteiger partial charge in [0.1, 0.15) is 12.4 Å². The topological polar surface area (TPSA) is 21.3 Å². The summed E-state index contributed by atoms with van der Waals surface area (Å²) in [4.78, 5) is 0. The Kier molecular flexibility index (Phi) is 4.76. The lowest BCUT2D eigenvalue weighted by molar-refractivity contribution is 0.349. The van der Waals surface area contributed by atoms with E-state index in [0.29, 0.717) is 6.61 Å². The number of hydrogen-bond donors (Lipinski definition) is 1. The molecule has 0 saturated heterocycles. The van der Waals surface area contributed by atoms with Crippen molar-refractivity contribution in [2.75, 3.05) is 20.2 Å². The molecule has 0 aliphatic heterocycles. The molecule has 0 radical (unpaired) electrons. The van der Waals surface area contributed by atoms with E-state index in [-0.39, 0.29) is 5.41 Å². The van der Waals surface area contributed by atoms with Crippen molar-refractivity contribution >= 4 is 0 Å². The molecule has 0 aliphatic rings. The van der Waals surface area contributed by atoms with Gasteiger partial charge < -0.3 is 10.1 Å². The zero-order chi connectivity index (χ0) is 12.9. The van der Waals surface area contributed by atoms with Crippen molar-refractivity contribution in [3.05, 3.63) is 42.0 Å². The van der Waals surface area contributed by atoms with E-state index in [1.165, 1.54) is 5.56 Å². The van der Waals surface area contributed by atoms with Crippen molar-refractivity contribution < 1.29 is 4.74 Å². The smallest absolute Gasteiger partial charge is 0.119 e. The average Bonchev–Trinajstić information content (AvgIpc) is 2.26. The number of rotatable bonds is 5. The highest BCUT2D eigenvalue weighted by atomic mass is 16.5. The Bertz CT molecular complexity index is 360. The van der Waals surface area contributed by atoms with Gasteiger partial charge in [-0.2, -0.15) is 0 Å². The minimum atomic E-state index is 0.189. The number of hydrogen-bond acceptors (Lipinski definition) is 2. The summed E-state index contributed by atoms with van der Waals surface area (Å²) in [6.45, 7) is 11.9. The van der Waals surface area contributed by atoms with Crippen LogP contribution in [-0.2, 0) is 5.41 Å². The molecule has 0 bridgehead atoms. The van der Waals surface area contributed by atoms with Crippen molar-refractivity contribution in [1.82, 2.24) is 5.32 Å². The van der Waals surface area contributed by atoms with Gasteiger partial charge in [-0.05, 0) is 35.7 Å². The van der Waals surface area contributed by atoms with Crippen LogP contribution >= 0.6 is 0 Å². The van der Waals surface area contributed by atoms with Crippen LogP contribution < -0.4 is 10.1 Å². The maximum absolute atomic E-state index is 5.65. The zero-order valence-electron chi connectivity index (χ0n) is 11.3. The van der Waals surface area contributed by atoms with E-state index in [4.69, 9.17) is 4.74 Å². The van der Waals surface area contributed by atoms with Gasteiger partial charge in [-0.25, -0.2) is 0 Å². The van der Waals surface area contributed by atoms with Crippen LogP contribution in [-0.4, -0.2) is 20.2 Å². The lowest BCUT2D eigenvalue weighted by atomic mass is 9.87. The summed E-state index contributed by atoms with van der Waals surface area (Å²) in [5, 5.41) is 3.05. The maximum atomic E-state index is 5.65. The van der Waals surface area contributed by atoms with E-state index >= 15 is 0 Å². The SMILES string of the molecule is C=C(CNC)COc1ccc(C(C)(C)C)cc1. The Morgan fingerprint density at radius 1 is 1.24 bits per heavy atom. The molecule has 0 aliphatic carbocycles. The van der Waals surface area contributed by atoms with E-state index < -0.39 is 0 Å². The molecule has 1 N–H and O–H groups in total. The predicted molar refractivity (Wildman–Crippen MR) is 73.7 cm³/mol. The first-order valence-electron chi connectivity index (χ1n) is 5.98. The number of nitrogens with one attached hydrogen (secondary N) is 1. The summed E-state index contributed by atoms with van der Waals surface area (Å²) in [7, 11) is 1.91. The molecule has 0 unspecified atom stereocenters. The fraction of sp³-hybridized carbons (Fsp3) is 0.467. The fourth-order valence-corrected chi connectivity index (χ4v) is 1.54. The van der Waals surface area contributed by atoms with Gasteiger partial charge in [-0.1, -0.05) is 39.5 Å². The van der Waals surface area contributed by atoms with Crippen LogP contribution in [0.15, 0.2) is 36.4 Å². The van der Waals surface area contributed by atoms with Gasteiger partial charge in [0.05, 0.1) is 0 Å². The summed E-state index contributed by atoms with van der Waals surface area (Å²) in [5.74, 6) is 0.898. The van der Waals surface area contributed by atoms with Crippen molar-refractivity contribution in [2.24, 2.45) is 0 Å². The molecule has 2 heteroatoms. The normalized spacial score (nSPS) is 11.3. The molecule has 0 saturated carbocycles. The number of benzene rings is 1. The van der Waals surface area contributed by atoms with Crippen molar-refractivity contribution in [2.45, 2.75) is 26.2 Å². The van der Waals surface area contributed by atoms with Crippen LogP contribution in [0.4, 0.5) is 0 Å². The van der Waals surface area contributed by atoms with Gasteiger partial charge in [0.25, 0.3) is 0 Å². The van der Waals surface area contributed by atoms with Crippen molar-refractivity contribution in [1.29, 1.82) is 0 Å². The second kappa shape index (κ2) is 5.87. The maximum Gasteiger partial charge on any atom is 0.119 e. The molecule has 0 amide bonds. The first-order chi connectivity index (χ1) is 7.93. The Labute approximate surface area is 105 Å². The van der Waals surface area contributed by atoms with Crippen LogP contribution in [0.25, 0.3) is 0 Å². The molecule has 1 rings (SSSR count). The Morgan fingerprint density at radius 2 is 1.82 bits per heavy atom. The number of ether oxygens (including phenoxy) is 1. The van der Waals surface area contributed by atoms with Crippen LogP contribution in [0.5, 0.6) is 5.75 Å². The molecule has 0 aromatic heterocycles. The third-order valence-electron chi connectivity index (χ3n) is 2.59. The monoisotopic (exact) mass is 233 g/mol. The molecule has 2 nitrogen and oxygen atoms in total. The van der Waals surface area contributed by atoms with Crippen LogP contribution in [0.2, 0.25) is 0 Å². The highest BCUT2D eigenvalue weighted by Crippen LogP contribution is 2.24. The summed E-state index contributed by atoms with van der Waals surface area (Å²) >= 11 is 0. The first-order valence-corrected chi connectivity index (χ1v) is 5.98. The van der Waals surface area contributed by atoms with Crippen LogP contribution in [0, 0.1) is 0 Å². The standard InChI is InChI=1S/C15H23NO/c1-12(10-16-5)11-17-14-8-6-13(7-9-14)15(2,3)4/h6-9,16H,1,10-11H2,2-5H3. The molecule has 1 aromatic rings. The Balaban J connectivity index is 2.54.